The maximum atomic E-state index is 2.58. The Hall–Kier alpha value is 1.60. The predicted octanol–water partition coefficient (Wildman–Crippen LogP) is 1.62. The van der Waals surface area contributed by atoms with E-state index < -0.39 is 0 Å². The summed E-state index contributed by atoms with van der Waals surface area (Å²) in [6, 6.07) is 1.43. The third-order valence-corrected chi connectivity index (χ3v) is 2.72. The molecule has 0 amide bonds. The van der Waals surface area contributed by atoms with Crippen LogP contribution in [0.1, 0.15) is 34.6 Å². The van der Waals surface area contributed by atoms with Gasteiger partial charge in [0.2, 0.25) is 0 Å². The van der Waals surface area contributed by atoms with Gasteiger partial charge in [-0.3, -0.25) is 0 Å². The summed E-state index contributed by atoms with van der Waals surface area (Å²) in [6.07, 6.45) is 0. The van der Waals surface area contributed by atoms with E-state index >= 15 is 0 Å². The fourth-order valence-electron chi connectivity index (χ4n) is 1.79. The van der Waals surface area contributed by atoms with Crippen LogP contribution in [0.5, 0.6) is 0 Å². The average molecular weight is 167 g/mol. The molecule has 10 heavy (non-hydrogen) atoms. The molecular formula is C8H18KN. The molecule has 0 fully saturated rings. The summed E-state index contributed by atoms with van der Waals surface area (Å²) in [5.74, 6) is 0. The van der Waals surface area contributed by atoms with Gasteiger partial charge >= 0.3 is 101 Å². The molecule has 0 bridgehead atoms. The molecule has 0 aliphatic heterocycles. The number of hydrogen-bond acceptors (Lipinski definition) is 1. The molecule has 0 aromatic heterocycles. The van der Waals surface area contributed by atoms with E-state index in [1.54, 1.807) is 0 Å². The van der Waals surface area contributed by atoms with Crippen molar-refractivity contribution < 1.29 is 0 Å². The normalized spacial score (nSPS) is 15.4. The summed E-state index contributed by atoms with van der Waals surface area (Å²) in [7, 11) is 0. The number of hydrogen-bond donors (Lipinski definition) is 0. The molecule has 0 saturated heterocycles. The Bertz CT molecular complexity index is 70.2. The first-order valence-corrected chi connectivity index (χ1v) is 6.04. The Morgan fingerprint density at radius 2 is 1.20 bits per heavy atom. The molecule has 2 heteroatoms. The Morgan fingerprint density at radius 3 is 1.20 bits per heavy atom. The first-order chi connectivity index (χ1) is 4.46. The average Bonchev–Trinajstić information content (AvgIpc) is 1.59. The van der Waals surface area contributed by atoms with Crippen molar-refractivity contribution in [2.75, 3.05) is 0 Å². The van der Waals surface area contributed by atoms with Gasteiger partial charge < -0.3 is 0 Å². The zero-order valence-corrected chi connectivity index (χ0v) is 11.3. The molecule has 0 radical (unpaired) electrons. The topological polar surface area (TPSA) is 3.24 Å². The summed E-state index contributed by atoms with van der Waals surface area (Å²) in [5, 5.41) is 0. The second-order valence-electron chi connectivity index (χ2n) is 3.73. The van der Waals surface area contributed by atoms with Crippen LogP contribution in [0.3, 0.4) is 0 Å². The van der Waals surface area contributed by atoms with Gasteiger partial charge in [-0.15, -0.1) is 0 Å². The predicted molar refractivity (Wildman–Crippen MR) is 47.3 cm³/mol. The number of rotatable bonds is 3. The second kappa shape index (κ2) is 5.28. The molecule has 56 valence electrons. The van der Waals surface area contributed by atoms with Crippen molar-refractivity contribution in [1.29, 1.82) is 0 Å². The van der Waals surface area contributed by atoms with Gasteiger partial charge in [-0.2, -0.15) is 0 Å². The summed E-state index contributed by atoms with van der Waals surface area (Å²) < 4.78 is 0.854. The van der Waals surface area contributed by atoms with E-state index in [1.807, 2.05) is 0 Å². The van der Waals surface area contributed by atoms with Crippen LogP contribution in [-0.2, 0) is 0 Å². The Kier molecular flexibility index (Phi) is 6.12. The summed E-state index contributed by atoms with van der Waals surface area (Å²) >= 11 is 0.932. The molecule has 0 aliphatic carbocycles. The van der Waals surface area contributed by atoms with Gasteiger partial charge in [-0.05, 0) is 0 Å². The van der Waals surface area contributed by atoms with Crippen molar-refractivity contribution in [1.82, 2.24) is 4.90 Å². The molecule has 0 saturated carbocycles. The standard InChI is InChI=1S/C8H18N.K/c1-6-9(7(2)3)8(4)5;/h6-8H,1-5H3;. The first kappa shape index (κ1) is 11.6. The SMILES string of the molecule is CC(C)N(C(C)C)[CH](C)[K]. The van der Waals surface area contributed by atoms with Crippen molar-refractivity contribution in [3.8, 4) is 0 Å². The quantitative estimate of drug-likeness (QED) is 0.577. The monoisotopic (exact) mass is 167 g/mol. The van der Waals surface area contributed by atoms with Crippen LogP contribution in [0, 0.1) is 0 Å². The molecule has 0 rings (SSSR count). The molecule has 0 aromatic carbocycles. The molecular weight excluding hydrogens is 149 g/mol. The fourth-order valence-corrected chi connectivity index (χ4v) is 3.65. The van der Waals surface area contributed by atoms with Crippen molar-refractivity contribution in [2.24, 2.45) is 0 Å². The Labute approximate surface area is 99.1 Å². The van der Waals surface area contributed by atoms with Crippen molar-refractivity contribution in [2.45, 2.75) is 46.8 Å². The molecule has 1 atom stereocenters. The molecule has 0 spiro atoms. The third kappa shape index (κ3) is 3.84. The molecule has 1 nitrogen and oxygen atoms in total. The van der Waals surface area contributed by atoms with Gasteiger partial charge in [0, 0.05) is 0 Å². The van der Waals surface area contributed by atoms with Gasteiger partial charge in [0.15, 0.2) is 0 Å². The molecule has 1 unspecified atom stereocenters. The van der Waals surface area contributed by atoms with Crippen molar-refractivity contribution in [3.05, 3.63) is 0 Å². The molecule has 0 aromatic rings. The van der Waals surface area contributed by atoms with Crippen LogP contribution in [0.25, 0.3) is 0 Å². The van der Waals surface area contributed by atoms with Gasteiger partial charge in [0.1, 0.15) is 0 Å². The summed E-state index contributed by atoms with van der Waals surface area (Å²) in [4.78, 5) is 2.58. The maximum absolute atomic E-state index is 2.58. The van der Waals surface area contributed by atoms with Gasteiger partial charge in [0.25, 0.3) is 0 Å². The first-order valence-electron chi connectivity index (χ1n) is 4.24. The van der Waals surface area contributed by atoms with Crippen LogP contribution in [-0.4, -0.2) is 66.1 Å². The second-order valence-corrected chi connectivity index (χ2v) is 6.34. The molecule has 0 heterocycles. The van der Waals surface area contributed by atoms with E-state index in [0.717, 1.165) is 49.1 Å². The van der Waals surface area contributed by atoms with Crippen LogP contribution in [0.2, 0.25) is 0 Å². The third-order valence-electron chi connectivity index (χ3n) is 1.79. The molecule has 0 aliphatic rings. The van der Waals surface area contributed by atoms with Crippen LogP contribution < -0.4 is 0 Å². The fraction of sp³-hybridized carbons (Fsp3) is 1.00. The zero-order chi connectivity index (χ0) is 8.31. The van der Waals surface area contributed by atoms with Crippen LogP contribution in [0.15, 0.2) is 0 Å². The molecule has 0 N–H and O–H groups in total. The van der Waals surface area contributed by atoms with E-state index in [-0.39, 0.29) is 0 Å². The summed E-state index contributed by atoms with van der Waals surface area (Å²) in [6.45, 7) is 11.5. The zero-order valence-electron chi connectivity index (χ0n) is 8.18. The van der Waals surface area contributed by atoms with E-state index in [0.29, 0.717) is 12.1 Å². The van der Waals surface area contributed by atoms with E-state index in [4.69, 9.17) is 0 Å². The van der Waals surface area contributed by atoms with Gasteiger partial charge in [0.05, 0.1) is 0 Å². The van der Waals surface area contributed by atoms with E-state index in [1.165, 1.54) is 0 Å². The van der Waals surface area contributed by atoms with Crippen molar-refractivity contribution >= 4 is 49.0 Å². The Morgan fingerprint density at radius 1 is 0.900 bits per heavy atom. The van der Waals surface area contributed by atoms with Crippen LogP contribution in [0.4, 0.5) is 0 Å². The van der Waals surface area contributed by atoms with E-state index in [9.17, 15) is 0 Å². The van der Waals surface area contributed by atoms with Crippen LogP contribution >= 0.6 is 0 Å². The Balaban J connectivity index is 3.98. The minimum absolute atomic E-state index is 0.714. The minimum atomic E-state index is 0.714. The number of nitrogens with zero attached hydrogens (tertiary/aromatic N) is 1. The van der Waals surface area contributed by atoms with Gasteiger partial charge in [-0.1, -0.05) is 0 Å². The van der Waals surface area contributed by atoms with E-state index in [2.05, 4.69) is 39.5 Å². The summed E-state index contributed by atoms with van der Waals surface area (Å²) in [5.41, 5.74) is 0. The van der Waals surface area contributed by atoms with Gasteiger partial charge in [-0.25, -0.2) is 0 Å². The van der Waals surface area contributed by atoms with Crippen molar-refractivity contribution in [3.63, 3.8) is 0 Å².